The van der Waals surface area contributed by atoms with Gasteiger partial charge in [0.25, 0.3) is 5.91 Å². The molecule has 5 nitrogen and oxygen atoms in total. The number of amides is 1. The van der Waals surface area contributed by atoms with Crippen LogP contribution in [0.3, 0.4) is 0 Å². The van der Waals surface area contributed by atoms with E-state index in [0.717, 1.165) is 11.1 Å². The number of hydrogen-bond donors (Lipinski definition) is 0. The van der Waals surface area contributed by atoms with E-state index in [0.29, 0.717) is 12.1 Å². The van der Waals surface area contributed by atoms with Crippen molar-refractivity contribution in [3.63, 3.8) is 0 Å². The van der Waals surface area contributed by atoms with Crippen LogP contribution in [0.25, 0.3) is 0 Å². The zero-order valence-electron chi connectivity index (χ0n) is 17.1. The molecule has 1 saturated heterocycles. The van der Waals surface area contributed by atoms with Crippen LogP contribution in [0.2, 0.25) is 0 Å². The van der Waals surface area contributed by atoms with Crippen LogP contribution in [0, 0.1) is 25.6 Å². The predicted molar refractivity (Wildman–Crippen MR) is 108 cm³/mol. The summed E-state index contributed by atoms with van der Waals surface area (Å²) < 4.78 is 14.7. The highest BCUT2D eigenvalue weighted by Gasteiger charge is 2.52. The molecule has 6 heteroatoms. The number of nitrogens with zero attached hydrogens (tertiary/aromatic N) is 2. The summed E-state index contributed by atoms with van der Waals surface area (Å²) in [7, 11) is 3.69. The lowest BCUT2D eigenvalue weighted by Gasteiger charge is -2.28. The van der Waals surface area contributed by atoms with Crippen LogP contribution in [0.5, 0.6) is 0 Å². The number of benzene rings is 2. The van der Waals surface area contributed by atoms with Gasteiger partial charge in [-0.3, -0.25) is 14.4 Å². The molecule has 0 saturated carbocycles. The quantitative estimate of drug-likeness (QED) is 0.428. The lowest BCUT2D eigenvalue weighted by molar-refractivity contribution is -0.140. The van der Waals surface area contributed by atoms with E-state index >= 15 is 0 Å². The second-order valence-electron chi connectivity index (χ2n) is 7.79. The van der Waals surface area contributed by atoms with Gasteiger partial charge in [0.15, 0.2) is 5.78 Å². The van der Waals surface area contributed by atoms with E-state index in [-0.39, 0.29) is 12.1 Å². The highest BCUT2D eigenvalue weighted by Crippen LogP contribution is 2.39. The molecule has 2 unspecified atom stereocenters. The minimum absolute atomic E-state index is 0.189. The molecular weight excluding hydrogens is 371 g/mol. The van der Waals surface area contributed by atoms with Crippen molar-refractivity contribution < 1.29 is 18.8 Å². The maximum absolute atomic E-state index is 14.7. The van der Waals surface area contributed by atoms with E-state index in [1.165, 1.54) is 17.0 Å². The highest BCUT2D eigenvalue weighted by molar-refractivity contribution is 6.44. The number of rotatable bonds is 6. The van der Waals surface area contributed by atoms with E-state index < -0.39 is 35.3 Å². The number of hydrogen-bond acceptors (Lipinski definition) is 4. The standard InChI is InChI=1S/C23H25FN2O3/c1-14-9-10-15(2)17(13-14)21(27)19-20(16-7-5-6-8-18(16)24)26(12-11-25(3)4)23(29)22(19)28/h5-10,13,19-20H,11-12H2,1-4H3. The Morgan fingerprint density at radius 3 is 2.45 bits per heavy atom. The molecule has 0 aromatic heterocycles. The van der Waals surface area contributed by atoms with Crippen molar-refractivity contribution in [1.82, 2.24) is 9.80 Å². The zero-order chi connectivity index (χ0) is 21.3. The Balaban J connectivity index is 2.11. The molecule has 3 rings (SSSR count). The fraction of sp³-hybridized carbons (Fsp3) is 0.348. The number of aryl methyl sites for hydroxylation is 2. The molecule has 152 valence electrons. The molecule has 2 atom stereocenters. The van der Waals surface area contributed by atoms with Crippen LogP contribution in [-0.2, 0) is 9.59 Å². The number of carbonyl (C=O) groups is 3. The summed E-state index contributed by atoms with van der Waals surface area (Å²) in [6.07, 6.45) is 0. The fourth-order valence-corrected chi connectivity index (χ4v) is 3.77. The molecule has 29 heavy (non-hydrogen) atoms. The molecule has 1 amide bonds. The topological polar surface area (TPSA) is 57.7 Å². The van der Waals surface area contributed by atoms with Crippen LogP contribution in [0.15, 0.2) is 42.5 Å². The third-order valence-electron chi connectivity index (χ3n) is 5.36. The molecular formula is C23H25FN2O3. The Bertz CT molecular complexity index is 970. The van der Waals surface area contributed by atoms with E-state index in [1.807, 2.05) is 38.1 Å². The monoisotopic (exact) mass is 396 g/mol. The van der Waals surface area contributed by atoms with Gasteiger partial charge >= 0.3 is 0 Å². The minimum atomic E-state index is -1.26. The van der Waals surface area contributed by atoms with Crippen molar-refractivity contribution in [2.24, 2.45) is 5.92 Å². The van der Waals surface area contributed by atoms with E-state index in [1.54, 1.807) is 25.1 Å². The van der Waals surface area contributed by atoms with Crippen molar-refractivity contribution in [2.75, 3.05) is 27.2 Å². The first kappa shape index (κ1) is 20.9. The van der Waals surface area contributed by atoms with Crippen molar-refractivity contribution in [3.05, 3.63) is 70.5 Å². The Hall–Kier alpha value is -2.86. The normalized spacial score (nSPS) is 19.3. The molecule has 1 fully saturated rings. The number of ketones is 2. The van der Waals surface area contributed by atoms with Gasteiger partial charge in [0.05, 0.1) is 6.04 Å². The molecule has 1 aliphatic heterocycles. The lowest BCUT2D eigenvalue weighted by Crippen LogP contribution is -2.36. The summed E-state index contributed by atoms with van der Waals surface area (Å²) in [4.78, 5) is 42.3. The third-order valence-corrected chi connectivity index (χ3v) is 5.36. The van der Waals surface area contributed by atoms with Gasteiger partial charge in [-0.1, -0.05) is 35.9 Å². The molecule has 1 heterocycles. The fourth-order valence-electron chi connectivity index (χ4n) is 3.77. The average Bonchev–Trinajstić information content (AvgIpc) is 2.92. The second-order valence-corrected chi connectivity index (χ2v) is 7.79. The van der Waals surface area contributed by atoms with Gasteiger partial charge in [-0.15, -0.1) is 0 Å². The van der Waals surface area contributed by atoms with Crippen LogP contribution in [0.1, 0.15) is 33.1 Å². The maximum Gasteiger partial charge on any atom is 0.291 e. The van der Waals surface area contributed by atoms with Crippen LogP contribution < -0.4 is 0 Å². The van der Waals surface area contributed by atoms with E-state index in [9.17, 15) is 18.8 Å². The van der Waals surface area contributed by atoms with Crippen LogP contribution in [-0.4, -0.2) is 54.5 Å². The number of halogens is 1. The number of likely N-dealkylation sites (tertiary alicyclic amines) is 1. The summed E-state index contributed by atoms with van der Waals surface area (Å²) in [6, 6.07) is 10.5. The summed E-state index contributed by atoms with van der Waals surface area (Å²) >= 11 is 0. The smallest absolute Gasteiger partial charge is 0.291 e. The van der Waals surface area contributed by atoms with Crippen molar-refractivity contribution in [3.8, 4) is 0 Å². The minimum Gasteiger partial charge on any atom is -0.326 e. The van der Waals surface area contributed by atoms with Gasteiger partial charge in [0.1, 0.15) is 11.7 Å². The first-order valence-electron chi connectivity index (χ1n) is 9.57. The van der Waals surface area contributed by atoms with Crippen molar-refractivity contribution in [2.45, 2.75) is 19.9 Å². The summed E-state index contributed by atoms with van der Waals surface area (Å²) in [5, 5.41) is 0. The summed E-state index contributed by atoms with van der Waals surface area (Å²) in [6.45, 7) is 4.37. The SMILES string of the molecule is Cc1ccc(C)c(C(=O)C2C(=O)C(=O)N(CCN(C)C)C2c2ccccc2F)c1. The predicted octanol–water partition coefficient (Wildman–Crippen LogP) is 2.96. The third kappa shape index (κ3) is 3.98. The first-order valence-corrected chi connectivity index (χ1v) is 9.57. The maximum atomic E-state index is 14.7. The summed E-state index contributed by atoms with van der Waals surface area (Å²) in [5.41, 5.74) is 2.18. The first-order chi connectivity index (χ1) is 13.7. The van der Waals surface area contributed by atoms with Crippen LogP contribution >= 0.6 is 0 Å². The van der Waals surface area contributed by atoms with Gasteiger partial charge in [0.2, 0.25) is 5.78 Å². The molecule has 1 aliphatic rings. The number of carbonyl (C=O) groups excluding carboxylic acids is 3. The van der Waals surface area contributed by atoms with E-state index in [2.05, 4.69) is 0 Å². The molecule has 0 spiro atoms. The highest BCUT2D eigenvalue weighted by atomic mass is 19.1. The zero-order valence-corrected chi connectivity index (χ0v) is 17.1. The lowest BCUT2D eigenvalue weighted by atomic mass is 9.84. The number of Topliss-reactive ketones (excluding diaryl/α,β-unsaturated/α-hetero) is 2. The van der Waals surface area contributed by atoms with Crippen molar-refractivity contribution >= 4 is 17.5 Å². The van der Waals surface area contributed by atoms with Gasteiger partial charge in [-0.05, 0) is 45.6 Å². The van der Waals surface area contributed by atoms with Gasteiger partial charge in [0, 0.05) is 24.2 Å². The van der Waals surface area contributed by atoms with Crippen LogP contribution in [0.4, 0.5) is 4.39 Å². The molecule has 2 aromatic carbocycles. The van der Waals surface area contributed by atoms with Gasteiger partial charge in [-0.2, -0.15) is 0 Å². The Labute approximate surface area is 170 Å². The largest absolute Gasteiger partial charge is 0.326 e. The molecule has 0 radical (unpaired) electrons. The Morgan fingerprint density at radius 1 is 1.10 bits per heavy atom. The van der Waals surface area contributed by atoms with Crippen molar-refractivity contribution in [1.29, 1.82) is 0 Å². The molecule has 2 aromatic rings. The molecule has 0 N–H and O–H groups in total. The Morgan fingerprint density at radius 2 is 1.79 bits per heavy atom. The number of likely N-dealkylation sites (N-methyl/N-ethyl adjacent to an activating group) is 1. The molecule has 0 bridgehead atoms. The summed E-state index contributed by atoms with van der Waals surface area (Å²) in [5.74, 6) is -3.74. The average molecular weight is 396 g/mol. The second kappa shape index (κ2) is 8.25. The Kier molecular flexibility index (Phi) is 5.94. The van der Waals surface area contributed by atoms with E-state index in [4.69, 9.17) is 0 Å². The van der Waals surface area contributed by atoms with Gasteiger partial charge < -0.3 is 9.80 Å². The van der Waals surface area contributed by atoms with Gasteiger partial charge in [-0.25, -0.2) is 4.39 Å². The molecule has 0 aliphatic carbocycles.